The second-order valence-corrected chi connectivity index (χ2v) is 3.61. The standard InChI is InChI=1S/C11H10N4O3/c1-15-6-13-5-9(15)10(16)14-8-2-7(11(17)18)3-12-4-8/h2-6H,1H3,(H,14,16)(H,17,18). The van der Waals surface area contributed by atoms with Gasteiger partial charge in [-0.2, -0.15) is 0 Å². The number of rotatable bonds is 3. The molecule has 2 aromatic rings. The molecule has 0 saturated heterocycles. The lowest BCUT2D eigenvalue weighted by Crippen LogP contribution is -2.15. The van der Waals surface area contributed by atoms with E-state index in [2.05, 4.69) is 15.3 Å². The van der Waals surface area contributed by atoms with E-state index >= 15 is 0 Å². The zero-order chi connectivity index (χ0) is 13.1. The molecule has 0 aromatic carbocycles. The Kier molecular flexibility index (Phi) is 3.05. The van der Waals surface area contributed by atoms with E-state index in [9.17, 15) is 9.59 Å². The zero-order valence-electron chi connectivity index (χ0n) is 9.49. The molecule has 0 aliphatic rings. The maximum absolute atomic E-state index is 11.8. The highest BCUT2D eigenvalue weighted by Crippen LogP contribution is 2.10. The highest BCUT2D eigenvalue weighted by Gasteiger charge is 2.11. The van der Waals surface area contributed by atoms with Gasteiger partial charge in [-0.25, -0.2) is 9.78 Å². The van der Waals surface area contributed by atoms with Crippen molar-refractivity contribution in [2.45, 2.75) is 0 Å². The van der Waals surface area contributed by atoms with E-state index in [1.165, 1.54) is 31.0 Å². The van der Waals surface area contributed by atoms with Crippen LogP contribution in [0.3, 0.4) is 0 Å². The third-order valence-electron chi connectivity index (χ3n) is 2.29. The van der Waals surface area contributed by atoms with Gasteiger partial charge in [-0.05, 0) is 6.07 Å². The van der Waals surface area contributed by atoms with Crippen LogP contribution >= 0.6 is 0 Å². The van der Waals surface area contributed by atoms with Crippen LogP contribution in [0.25, 0.3) is 0 Å². The number of carboxylic acids is 1. The molecule has 0 aliphatic carbocycles. The number of pyridine rings is 1. The van der Waals surface area contributed by atoms with Crippen LogP contribution in [0.2, 0.25) is 0 Å². The monoisotopic (exact) mass is 246 g/mol. The van der Waals surface area contributed by atoms with Crippen molar-refractivity contribution in [3.8, 4) is 0 Å². The van der Waals surface area contributed by atoms with Gasteiger partial charge in [-0.3, -0.25) is 9.78 Å². The molecule has 0 bridgehead atoms. The molecule has 2 rings (SSSR count). The number of carboxylic acid groups (broad SMARTS) is 1. The number of carbonyl (C=O) groups is 2. The van der Waals surface area contributed by atoms with Crippen molar-refractivity contribution in [1.82, 2.24) is 14.5 Å². The van der Waals surface area contributed by atoms with Gasteiger partial charge in [0, 0.05) is 13.2 Å². The fourth-order valence-electron chi connectivity index (χ4n) is 1.40. The second-order valence-electron chi connectivity index (χ2n) is 3.61. The van der Waals surface area contributed by atoms with Gasteiger partial charge in [0.05, 0.1) is 30.0 Å². The summed E-state index contributed by atoms with van der Waals surface area (Å²) in [5.41, 5.74) is 0.703. The normalized spacial score (nSPS) is 10.1. The summed E-state index contributed by atoms with van der Waals surface area (Å²) in [6.45, 7) is 0. The first-order valence-corrected chi connectivity index (χ1v) is 5.04. The first-order chi connectivity index (χ1) is 8.58. The van der Waals surface area contributed by atoms with Gasteiger partial charge in [-0.15, -0.1) is 0 Å². The number of imidazole rings is 1. The minimum Gasteiger partial charge on any atom is -0.478 e. The predicted octanol–water partition coefficient (Wildman–Crippen LogP) is 0.766. The highest BCUT2D eigenvalue weighted by atomic mass is 16.4. The largest absolute Gasteiger partial charge is 0.478 e. The van der Waals surface area contributed by atoms with Gasteiger partial charge in [-0.1, -0.05) is 0 Å². The molecule has 0 unspecified atom stereocenters. The highest BCUT2D eigenvalue weighted by molar-refractivity contribution is 6.03. The van der Waals surface area contributed by atoms with E-state index in [0.717, 1.165) is 0 Å². The predicted molar refractivity (Wildman–Crippen MR) is 62.4 cm³/mol. The molecule has 0 spiro atoms. The minimum atomic E-state index is -1.10. The van der Waals surface area contributed by atoms with Crippen molar-refractivity contribution in [1.29, 1.82) is 0 Å². The lowest BCUT2D eigenvalue weighted by molar-refractivity contribution is 0.0696. The second kappa shape index (κ2) is 4.66. The number of aromatic nitrogens is 3. The van der Waals surface area contributed by atoms with Crippen molar-refractivity contribution in [3.05, 3.63) is 42.2 Å². The van der Waals surface area contributed by atoms with E-state index in [-0.39, 0.29) is 11.5 Å². The van der Waals surface area contributed by atoms with Crippen LogP contribution in [0.15, 0.2) is 31.0 Å². The maximum Gasteiger partial charge on any atom is 0.337 e. The molecule has 7 nitrogen and oxygen atoms in total. The van der Waals surface area contributed by atoms with E-state index < -0.39 is 5.97 Å². The first kappa shape index (κ1) is 11.8. The average molecular weight is 246 g/mol. The van der Waals surface area contributed by atoms with Gasteiger partial charge in [0.15, 0.2) is 0 Å². The summed E-state index contributed by atoms with van der Waals surface area (Å²) in [4.78, 5) is 30.2. The van der Waals surface area contributed by atoms with Crippen LogP contribution in [0.1, 0.15) is 20.8 Å². The first-order valence-electron chi connectivity index (χ1n) is 5.04. The number of amides is 1. The SMILES string of the molecule is Cn1cncc1C(=O)Nc1cncc(C(=O)O)c1. The van der Waals surface area contributed by atoms with Crippen molar-refractivity contribution in [3.63, 3.8) is 0 Å². The molecular formula is C11H10N4O3. The van der Waals surface area contributed by atoms with Crippen LogP contribution in [0.5, 0.6) is 0 Å². The summed E-state index contributed by atoms with van der Waals surface area (Å²) in [5.74, 6) is -1.47. The topological polar surface area (TPSA) is 97.1 Å². The summed E-state index contributed by atoms with van der Waals surface area (Å²) >= 11 is 0. The number of aromatic carboxylic acids is 1. The molecule has 0 aliphatic heterocycles. The number of nitrogens with zero attached hydrogens (tertiary/aromatic N) is 3. The Balaban J connectivity index is 2.20. The Morgan fingerprint density at radius 3 is 2.67 bits per heavy atom. The van der Waals surface area contributed by atoms with E-state index in [0.29, 0.717) is 11.4 Å². The minimum absolute atomic E-state index is 0.0119. The molecule has 0 saturated carbocycles. The Morgan fingerprint density at radius 2 is 2.06 bits per heavy atom. The van der Waals surface area contributed by atoms with Crippen LogP contribution < -0.4 is 5.32 Å². The maximum atomic E-state index is 11.8. The van der Waals surface area contributed by atoms with E-state index in [1.807, 2.05) is 0 Å². The number of anilines is 1. The molecule has 2 N–H and O–H groups in total. The van der Waals surface area contributed by atoms with Gasteiger partial charge < -0.3 is 15.0 Å². The summed E-state index contributed by atoms with van der Waals surface area (Å²) < 4.78 is 1.56. The Hall–Kier alpha value is -2.70. The average Bonchev–Trinajstić information content (AvgIpc) is 2.76. The van der Waals surface area contributed by atoms with E-state index in [1.54, 1.807) is 11.6 Å². The lowest BCUT2D eigenvalue weighted by Gasteiger charge is -2.05. The molecule has 92 valence electrons. The summed E-state index contributed by atoms with van der Waals surface area (Å²) in [6.07, 6.45) is 5.51. The molecule has 0 fully saturated rings. The number of hydrogen-bond donors (Lipinski definition) is 2. The molecule has 2 heterocycles. The molecule has 18 heavy (non-hydrogen) atoms. The molecule has 2 aromatic heterocycles. The van der Waals surface area contributed by atoms with Crippen molar-refractivity contribution < 1.29 is 14.7 Å². The smallest absolute Gasteiger partial charge is 0.337 e. The van der Waals surface area contributed by atoms with Crippen LogP contribution in [0.4, 0.5) is 5.69 Å². The molecule has 0 atom stereocenters. The van der Waals surface area contributed by atoms with Gasteiger partial charge in [0.2, 0.25) is 0 Å². The third-order valence-corrected chi connectivity index (χ3v) is 2.29. The Labute approximate surface area is 102 Å². The lowest BCUT2D eigenvalue weighted by atomic mass is 10.2. The van der Waals surface area contributed by atoms with Gasteiger partial charge >= 0.3 is 5.97 Å². The van der Waals surface area contributed by atoms with Crippen LogP contribution in [-0.2, 0) is 7.05 Å². The quantitative estimate of drug-likeness (QED) is 0.833. The van der Waals surface area contributed by atoms with Crippen molar-refractivity contribution in [2.24, 2.45) is 7.05 Å². The Morgan fingerprint density at radius 1 is 1.28 bits per heavy atom. The zero-order valence-corrected chi connectivity index (χ0v) is 9.49. The fourth-order valence-corrected chi connectivity index (χ4v) is 1.40. The summed E-state index contributed by atoms with van der Waals surface area (Å²) in [5, 5.41) is 11.4. The van der Waals surface area contributed by atoms with Gasteiger partial charge in [0.1, 0.15) is 5.69 Å². The summed E-state index contributed by atoms with van der Waals surface area (Å²) in [7, 11) is 1.69. The van der Waals surface area contributed by atoms with Crippen molar-refractivity contribution in [2.75, 3.05) is 5.32 Å². The van der Waals surface area contributed by atoms with Crippen LogP contribution in [0, 0.1) is 0 Å². The number of hydrogen-bond acceptors (Lipinski definition) is 4. The summed E-state index contributed by atoms with van der Waals surface area (Å²) in [6, 6.07) is 1.34. The van der Waals surface area contributed by atoms with Crippen molar-refractivity contribution >= 4 is 17.6 Å². The third kappa shape index (κ3) is 2.34. The molecule has 7 heteroatoms. The fraction of sp³-hybridized carbons (Fsp3) is 0.0909. The van der Waals surface area contributed by atoms with E-state index in [4.69, 9.17) is 5.11 Å². The Bertz CT molecular complexity index is 606. The molecular weight excluding hydrogens is 236 g/mol. The molecule has 0 radical (unpaired) electrons. The van der Waals surface area contributed by atoms with Gasteiger partial charge in [0.25, 0.3) is 5.91 Å². The number of carbonyl (C=O) groups excluding carboxylic acids is 1. The number of nitrogens with one attached hydrogen (secondary N) is 1. The molecule has 1 amide bonds. The number of aryl methyl sites for hydroxylation is 1. The van der Waals surface area contributed by atoms with Crippen LogP contribution in [-0.4, -0.2) is 31.5 Å².